The summed E-state index contributed by atoms with van der Waals surface area (Å²) < 4.78 is 101. The van der Waals surface area contributed by atoms with Crippen LogP contribution in [0.3, 0.4) is 0 Å². The Bertz CT molecular complexity index is 1730. The minimum Gasteiger partial charge on any atom is -0.480 e. The van der Waals surface area contributed by atoms with Gasteiger partial charge >= 0.3 is 30.3 Å². The summed E-state index contributed by atoms with van der Waals surface area (Å²) in [7, 11) is 0.913. The van der Waals surface area contributed by atoms with Gasteiger partial charge in [0.2, 0.25) is 0 Å². The molecule has 3 aromatic carbocycles. The first-order valence-electron chi connectivity index (χ1n) is 16.1. The number of carboxylic acids is 1. The van der Waals surface area contributed by atoms with Gasteiger partial charge in [0.05, 0.1) is 29.9 Å². The van der Waals surface area contributed by atoms with Crippen molar-refractivity contribution in [3.05, 3.63) is 107 Å². The number of piperidine rings is 1. The first-order valence-corrected chi connectivity index (χ1v) is 16.1. The van der Waals surface area contributed by atoms with Crippen LogP contribution >= 0.6 is 0 Å². The Morgan fingerprint density at radius 1 is 0.863 bits per heavy atom. The van der Waals surface area contributed by atoms with E-state index < -0.39 is 88.2 Å². The normalized spacial score (nSPS) is 24.5. The molecule has 0 amide bonds. The van der Waals surface area contributed by atoms with Crippen LogP contribution in [0.15, 0.2) is 78.9 Å². The number of nitrogens with zero attached hydrogens (tertiary/aromatic N) is 1. The molecule has 0 spiro atoms. The second kappa shape index (κ2) is 13.6. The minimum absolute atomic E-state index is 0.0259. The zero-order valence-electron chi connectivity index (χ0n) is 28.2. The molecule has 2 bridgehead atoms. The van der Waals surface area contributed by atoms with Gasteiger partial charge in [-0.2, -0.15) is 26.3 Å². The van der Waals surface area contributed by atoms with Crippen LogP contribution < -0.4 is 0 Å². The van der Waals surface area contributed by atoms with Gasteiger partial charge in [-0.25, -0.2) is 4.79 Å². The molecule has 0 radical (unpaired) electrons. The number of carbonyl (C=O) groups is 3. The molecule has 2 saturated heterocycles. The number of hydrogen-bond donors (Lipinski definition) is 1. The average molecular weight is 722 g/mol. The van der Waals surface area contributed by atoms with E-state index in [-0.39, 0.29) is 25.5 Å². The van der Waals surface area contributed by atoms with Gasteiger partial charge in [-0.15, -0.1) is 0 Å². The van der Waals surface area contributed by atoms with E-state index in [4.69, 9.17) is 14.2 Å². The van der Waals surface area contributed by atoms with E-state index in [0.717, 1.165) is 7.11 Å². The monoisotopic (exact) mass is 721 g/mol. The van der Waals surface area contributed by atoms with Crippen LogP contribution in [0.25, 0.3) is 0 Å². The average Bonchev–Trinajstić information content (AvgIpc) is 3.25. The molecule has 0 saturated carbocycles. The smallest absolute Gasteiger partial charge is 0.416 e. The summed E-state index contributed by atoms with van der Waals surface area (Å²) in [5.41, 5.74) is -7.78. The number of rotatable bonds is 9. The summed E-state index contributed by atoms with van der Waals surface area (Å²) in [6.07, 6.45) is -14.3. The van der Waals surface area contributed by atoms with E-state index in [0.29, 0.717) is 23.3 Å². The number of hydrogen-bond acceptors (Lipinski definition) is 7. The van der Waals surface area contributed by atoms with Crippen LogP contribution in [0, 0.1) is 5.41 Å². The number of halogens is 6. The van der Waals surface area contributed by atoms with Crippen molar-refractivity contribution < 1.29 is 60.0 Å². The van der Waals surface area contributed by atoms with Crippen LogP contribution in [-0.2, 0) is 53.0 Å². The molecule has 1 N–H and O–H groups in total. The summed E-state index contributed by atoms with van der Waals surface area (Å²) in [5, 5.41) is 11.0. The van der Waals surface area contributed by atoms with Gasteiger partial charge in [0, 0.05) is 19.0 Å². The number of alkyl halides is 6. The number of esters is 2. The summed E-state index contributed by atoms with van der Waals surface area (Å²) in [4.78, 5) is 42.7. The molecule has 51 heavy (non-hydrogen) atoms. The zero-order valence-corrected chi connectivity index (χ0v) is 28.2. The van der Waals surface area contributed by atoms with E-state index in [1.54, 1.807) is 86.3 Å². The Kier molecular flexibility index (Phi) is 10.1. The molecule has 2 aliphatic heterocycles. The highest BCUT2D eigenvalue weighted by Gasteiger charge is 2.72. The van der Waals surface area contributed by atoms with Crippen molar-refractivity contribution in [1.29, 1.82) is 0 Å². The maximum Gasteiger partial charge on any atom is 0.416 e. The zero-order chi connectivity index (χ0) is 37.6. The number of ether oxygens (including phenoxy) is 3. The highest BCUT2D eigenvalue weighted by molar-refractivity contribution is 6.01. The lowest BCUT2D eigenvalue weighted by Crippen LogP contribution is -2.58. The molecular formula is C37H37F6NO7. The highest BCUT2D eigenvalue weighted by Crippen LogP contribution is 2.61. The summed E-state index contributed by atoms with van der Waals surface area (Å²) >= 11 is 0. The molecule has 14 heteroatoms. The number of methoxy groups -OCH3 is 1. The predicted molar refractivity (Wildman–Crippen MR) is 170 cm³/mol. The van der Waals surface area contributed by atoms with Crippen molar-refractivity contribution in [3.8, 4) is 0 Å². The quantitative estimate of drug-likeness (QED) is 0.136. The number of carboxylic acid groups (broad SMARTS) is 1. The Morgan fingerprint density at radius 3 is 1.90 bits per heavy atom. The van der Waals surface area contributed by atoms with Crippen LogP contribution in [0.5, 0.6) is 0 Å². The van der Waals surface area contributed by atoms with Gasteiger partial charge in [-0.3, -0.25) is 14.5 Å². The molecular weight excluding hydrogens is 684 g/mol. The van der Waals surface area contributed by atoms with Gasteiger partial charge in [0.15, 0.2) is 11.5 Å². The third-order valence-electron chi connectivity index (χ3n) is 9.48. The number of carbonyl (C=O) groups excluding carboxylic acids is 2. The maximum atomic E-state index is 14.1. The fourth-order valence-corrected chi connectivity index (χ4v) is 7.38. The molecule has 8 nitrogen and oxygen atoms in total. The van der Waals surface area contributed by atoms with E-state index in [9.17, 15) is 45.8 Å². The second-order valence-corrected chi connectivity index (χ2v) is 13.8. The van der Waals surface area contributed by atoms with Crippen molar-refractivity contribution in [2.24, 2.45) is 5.41 Å². The largest absolute Gasteiger partial charge is 0.480 e. The van der Waals surface area contributed by atoms with Gasteiger partial charge in [-0.1, -0.05) is 60.7 Å². The van der Waals surface area contributed by atoms with E-state index >= 15 is 0 Å². The van der Waals surface area contributed by atoms with Crippen molar-refractivity contribution >= 4 is 17.9 Å². The first kappa shape index (κ1) is 37.8. The fraction of sp³-hybridized carbons (Fsp3) is 0.432. The van der Waals surface area contributed by atoms with Gasteiger partial charge in [-0.05, 0) is 68.5 Å². The molecule has 274 valence electrons. The SMILES string of the molecule is COC(=O)[C@H](O[C@@H]1CC[C@@H]2N(Cc3ccccc3)[C@@]1(c1ccccc1)C[C@@]2(C(=O)O)C(=O)OC(C)(C)C)c1cc(C(F)(F)F)cc(C(F)(F)F)c1. The maximum absolute atomic E-state index is 14.1. The Hall–Kier alpha value is -4.43. The van der Waals surface area contributed by atoms with Crippen molar-refractivity contribution in [3.63, 3.8) is 0 Å². The van der Waals surface area contributed by atoms with Gasteiger partial charge < -0.3 is 19.3 Å². The Labute approximate surface area is 290 Å². The molecule has 0 aromatic heterocycles. The number of fused-ring (bicyclic) bond motifs is 2. The standard InChI is InChI=1S/C37H37F6NO7/c1-33(2,3)51-32(48)34(31(46)47)21-35(24-13-9-6-10-14-24)28(16-15-27(34)44(35)20-22-11-7-5-8-12-22)50-29(30(45)49-4)23-17-25(36(38,39)40)19-26(18-23)37(41,42)43/h5-14,17-19,27-29H,15-16,20-21H2,1-4H3,(H,46,47)/t27-,28+,29+,34+,35+/m0/s1. The topological polar surface area (TPSA) is 102 Å². The fourth-order valence-electron chi connectivity index (χ4n) is 7.38. The second-order valence-electron chi connectivity index (χ2n) is 13.8. The summed E-state index contributed by atoms with van der Waals surface area (Å²) in [6.45, 7) is 4.83. The van der Waals surface area contributed by atoms with Crippen molar-refractivity contribution in [2.75, 3.05) is 7.11 Å². The predicted octanol–water partition coefficient (Wildman–Crippen LogP) is 7.70. The van der Waals surface area contributed by atoms with Crippen LogP contribution in [0.2, 0.25) is 0 Å². The Morgan fingerprint density at radius 2 is 1.41 bits per heavy atom. The van der Waals surface area contributed by atoms with E-state index in [1.807, 2.05) is 0 Å². The lowest BCUT2D eigenvalue weighted by Gasteiger charge is -2.50. The van der Waals surface area contributed by atoms with Crippen LogP contribution in [0.4, 0.5) is 26.3 Å². The summed E-state index contributed by atoms with van der Waals surface area (Å²) in [5.74, 6) is -3.77. The number of aliphatic carboxylic acids is 1. The van der Waals surface area contributed by atoms with Gasteiger partial charge in [0.25, 0.3) is 0 Å². The van der Waals surface area contributed by atoms with Crippen molar-refractivity contribution in [1.82, 2.24) is 4.90 Å². The van der Waals surface area contributed by atoms with E-state index in [2.05, 4.69) is 0 Å². The van der Waals surface area contributed by atoms with Crippen LogP contribution in [0.1, 0.15) is 74.0 Å². The van der Waals surface area contributed by atoms with Gasteiger partial charge in [0.1, 0.15) is 5.60 Å². The third kappa shape index (κ3) is 7.21. The Balaban J connectivity index is 1.75. The minimum atomic E-state index is -5.22. The molecule has 0 unspecified atom stereocenters. The van der Waals surface area contributed by atoms with Crippen LogP contribution in [-0.4, -0.2) is 52.8 Å². The molecule has 2 heterocycles. The van der Waals surface area contributed by atoms with Crippen molar-refractivity contribution in [2.45, 2.75) is 88.3 Å². The molecule has 5 rings (SSSR count). The molecule has 3 aromatic rings. The number of benzene rings is 3. The first-order chi connectivity index (χ1) is 23.7. The third-order valence-corrected chi connectivity index (χ3v) is 9.48. The van der Waals surface area contributed by atoms with E-state index in [1.165, 1.54) is 0 Å². The highest BCUT2D eigenvalue weighted by atomic mass is 19.4. The summed E-state index contributed by atoms with van der Waals surface area (Å²) in [6, 6.07) is 17.0. The molecule has 0 aliphatic carbocycles. The molecule has 2 fully saturated rings. The molecule has 2 aliphatic rings. The molecule has 5 atom stereocenters. The lowest BCUT2D eigenvalue weighted by molar-refractivity contribution is -0.180. The lowest BCUT2D eigenvalue weighted by atomic mass is 9.74.